The first-order valence-corrected chi connectivity index (χ1v) is 9.78. The molecule has 1 aromatic heterocycles. The van der Waals surface area contributed by atoms with Crippen molar-refractivity contribution in [1.82, 2.24) is 5.32 Å². The van der Waals surface area contributed by atoms with Gasteiger partial charge in [-0.3, -0.25) is 4.79 Å². The van der Waals surface area contributed by atoms with E-state index in [1.54, 1.807) is 37.7 Å². The van der Waals surface area contributed by atoms with Crippen molar-refractivity contribution in [3.8, 4) is 11.5 Å². The van der Waals surface area contributed by atoms with E-state index in [4.69, 9.17) is 9.47 Å². The standard InChI is InChI=1S/C22H22FNO3S/c1-26-18-10-11-19(27-2)16(14-18)7-12-21(25)24-22(20-4-3-13-28-20)15-5-8-17(23)9-6-15/h3-6,8-11,13-14,22H,7,12H2,1-2H3,(H,24,25). The Morgan fingerprint density at radius 3 is 2.54 bits per heavy atom. The molecule has 0 aliphatic carbocycles. The summed E-state index contributed by atoms with van der Waals surface area (Å²) in [6.45, 7) is 0. The molecule has 0 fully saturated rings. The summed E-state index contributed by atoms with van der Waals surface area (Å²) in [5.74, 6) is 1.05. The van der Waals surface area contributed by atoms with Crippen LogP contribution in [0.3, 0.4) is 0 Å². The van der Waals surface area contributed by atoms with E-state index in [2.05, 4.69) is 5.32 Å². The molecule has 1 heterocycles. The van der Waals surface area contributed by atoms with Crippen molar-refractivity contribution in [2.24, 2.45) is 0 Å². The van der Waals surface area contributed by atoms with Crippen molar-refractivity contribution in [1.29, 1.82) is 0 Å². The molecule has 1 amide bonds. The lowest BCUT2D eigenvalue weighted by Gasteiger charge is -2.18. The van der Waals surface area contributed by atoms with Gasteiger partial charge in [-0.15, -0.1) is 11.3 Å². The molecule has 0 spiro atoms. The van der Waals surface area contributed by atoms with Gasteiger partial charge in [0.25, 0.3) is 0 Å². The highest BCUT2D eigenvalue weighted by Gasteiger charge is 2.18. The van der Waals surface area contributed by atoms with Gasteiger partial charge >= 0.3 is 0 Å². The second-order valence-corrected chi connectivity index (χ2v) is 7.22. The minimum absolute atomic E-state index is 0.0902. The molecule has 146 valence electrons. The number of hydrogen-bond acceptors (Lipinski definition) is 4. The summed E-state index contributed by atoms with van der Waals surface area (Å²) in [5, 5.41) is 5.03. The van der Waals surface area contributed by atoms with E-state index in [9.17, 15) is 9.18 Å². The maximum Gasteiger partial charge on any atom is 0.221 e. The van der Waals surface area contributed by atoms with Crippen molar-refractivity contribution in [2.75, 3.05) is 14.2 Å². The van der Waals surface area contributed by atoms with Crippen LogP contribution in [0.5, 0.6) is 11.5 Å². The molecule has 2 aromatic carbocycles. The predicted molar refractivity (Wildman–Crippen MR) is 109 cm³/mol. The highest BCUT2D eigenvalue weighted by Crippen LogP contribution is 2.28. The van der Waals surface area contributed by atoms with Crippen LogP contribution in [0.2, 0.25) is 0 Å². The maximum absolute atomic E-state index is 13.3. The number of ether oxygens (including phenoxy) is 2. The zero-order valence-electron chi connectivity index (χ0n) is 15.8. The predicted octanol–water partition coefficient (Wildman–Crippen LogP) is 4.74. The fourth-order valence-corrected chi connectivity index (χ4v) is 3.79. The molecular weight excluding hydrogens is 377 g/mol. The number of thiophene rings is 1. The van der Waals surface area contributed by atoms with Gasteiger partial charge in [-0.05, 0) is 59.3 Å². The van der Waals surface area contributed by atoms with Crippen molar-refractivity contribution in [2.45, 2.75) is 18.9 Å². The van der Waals surface area contributed by atoms with E-state index in [0.29, 0.717) is 12.8 Å². The van der Waals surface area contributed by atoms with Crippen molar-refractivity contribution in [3.63, 3.8) is 0 Å². The summed E-state index contributed by atoms with van der Waals surface area (Å²) in [4.78, 5) is 13.7. The zero-order valence-corrected chi connectivity index (χ0v) is 16.6. The van der Waals surface area contributed by atoms with Gasteiger partial charge in [0.2, 0.25) is 5.91 Å². The van der Waals surface area contributed by atoms with Crippen molar-refractivity contribution in [3.05, 3.63) is 81.8 Å². The smallest absolute Gasteiger partial charge is 0.221 e. The van der Waals surface area contributed by atoms with E-state index in [1.165, 1.54) is 12.1 Å². The van der Waals surface area contributed by atoms with E-state index >= 15 is 0 Å². The molecule has 6 heteroatoms. The van der Waals surface area contributed by atoms with Crippen LogP contribution in [-0.2, 0) is 11.2 Å². The average molecular weight is 399 g/mol. The van der Waals surface area contributed by atoms with Crippen LogP contribution in [-0.4, -0.2) is 20.1 Å². The van der Waals surface area contributed by atoms with Gasteiger partial charge in [0.1, 0.15) is 17.3 Å². The molecule has 0 aliphatic heterocycles. The molecule has 3 aromatic rings. The highest BCUT2D eigenvalue weighted by molar-refractivity contribution is 7.10. The second kappa shape index (κ2) is 9.37. The molecule has 4 nitrogen and oxygen atoms in total. The van der Waals surface area contributed by atoms with Crippen molar-refractivity contribution >= 4 is 17.2 Å². The van der Waals surface area contributed by atoms with Gasteiger partial charge < -0.3 is 14.8 Å². The number of carbonyl (C=O) groups is 1. The summed E-state index contributed by atoms with van der Waals surface area (Å²) in [6, 6.07) is 15.3. The Morgan fingerprint density at radius 1 is 1.11 bits per heavy atom. The number of rotatable bonds is 8. The van der Waals surface area contributed by atoms with Gasteiger partial charge in [0.15, 0.2) is 0 Å². The Bertz CT molecular complexity index is 910. The molecule has 1 atom stereocenters. The van der Waals surface area contributed by atoms with Gasteiger partial charge in [-0.25, -0.2) is 4.39 Å². The fraction of sp³-hybridized carbons (Fsp3) is 0.227. The molecular formula is C22H22FNO3S. The maximum atomic E-state index is 13.3. The molecule has 28 heavy (non-hydrogen) atoms. The summed E-state index contributed by atoms with van der Waals surface area (Å²) < 4.78 is 23.9. The Labute approximate surface area is 167 Å². The zero-order chi connectivity index (χ0) is 19.9. The first-order valence-electron chi connectivity index (χ1n) is 8.90. The number of nitrogens with one attached hydrogen (secondary N) is 1. The lowest BCUT2D eigenvalue weighted by atomic mass is 10.0. The third-order valence-corrected chi connectivity index (χ3v) is 5.38. The van der Waals surface area contributed by atoms with E-state index in [0.717, 1.165) is 27.5 Å². The number of aryl methyl sites for hydroxylation is 1. The number of amides is 1. The lowest BCUT2D eigenvalue weighted by molar-refractivity contribution is -0.121. The third-order valence-electron chi connectivity index (χ3n) is 4.45. The number of benzene rings is 2. The molecule has 1 unspecified atom stereocenters. The van der Waals surface area contributed by atoms with E-state index < -0.39 is 0 Å². The first kappa shape index (κ1) is 19.9. The van der Waals surface area contributed by atoms with Gasteiger partial charge in [-0.1, -0.05) is 18.2 Å². The number of methoxy groups -OCH3 is 2. The highest BCUT2D eigenvalue weighted by atomic mass is 32.1. The monoisotopic (exact) mass is 399 g/mol. The van der Waals surface area contributed by atoms with Crippen LogP contribution in [0, 0.1) is 5.82 Å². The number of hydrogen-bond donors (Lipinski definition) is 1. The molecule has 0 saturated carbocycles. The second-order valence-electron chi connectivity index (χ2n) is 6.25. The van der Waals surface area contributed by atoms with Crippen LogP contribution in [0.1, 0.15) is 28.5 Å². The summed E-state index contributed by atoms with van der Waals surface area (Å²) >= 11 is 1.55. The summed E-state index contributed by atoms with van der Waals surface area (Å²) in [5.41, 5.74) is 1.75. The lowest BCUT2D eigenvalue weighted by Crippen LogP contribution is -2.29. The first-order chi connectivity index (χ1) is 13.6. The summed E-state index contributed by atoms with van der Waals surface area (Å²) in [7, 11) is 3.21. The SMILES string of the molecule is COc1ccc(OC)c(CCC(=O)NC(c2ccc(F)cc2)c2cccs2)c1. The van der Waals surface area contributed by atoms with Crippen LogP contribution >= 0.6 is 11.3 Å². The minimum Gasteiger partial charge on any atom is -0.497 e. The van der Waals surface area contributed by atoms with Gasteiger partial charge in [0, 0.05) is 11.3 Å². The van der Waals surface area contributed by atoms with E-state index in [-0.39, 0.29) is 17.8 Å². The third kappa shape index (κ3) is 4.89. The topological polar surface area (TPSA) is 47.6 Å². The fourth-order valence-electron chi connectivity index (χ4n) is 2.99. The van der Waals surface area contributed by atoms with Crippen LogP contribution < -0.4 is 14.8 Å². The quantitative estimate of drug-likeness (QED) is 0.595. The van der Waals surface area contributed by atoms with Gasteiger partial charge in [0.05, 0.1) is 20.3 Å². The molecule has 1 N–H and O–H groups in total. The molecule has 0 aliphatic rings. The Hall–Kier alpha value is -2.86. The number of halogens is 1. The largest absolute Gasteiger partial charge is 0.497 e. The Morgan fingerprint density at radius 2 is 1.89 bits per heavy atom. The minimum atomic E-state index is -0.305. The number of carbonyl (C=O) groups excluding carboxylic acids is 1. The molecule has 0 saturated heterocycles. The van der Waals surface area contributed by atoms with Crippen molar-refractivity contribution < 1.29 is 18.7 Å². The average Bonchev–Trinajstić information content (AvgIpc) is 3.25. The molecule has 0 bridgehead atoms. The van der Waals surface area contributed by atoms with Crippen LogP contribution in [0.15, 0.2) is 60.0 Å². The van der Waals surface area contributed by atoms with Gasteiger partial charge in [-0.2, -0.15) is 0 Å². The summed E-state index contributed by atoms with van der Waals surface area (Å²) in [6.07, 6.45) is 0.819. The Balaban J connectivity index is 1.72. The van der Waals surface area contributed by atoms with Crippen LogP contribution in [0.4, 0.5) is 4.39 Å². The molecule has 0 radical (unpaired) electrons. The van der Waals surface area contributed by atoms with Crippen LogP contribution in [0.25, 0.3) is 0 Å². The van der Waals surface area contributed by atoms with E-state index in [1.807, 2.05) is 35.7 Å². The normalized spacial score (nSPS) is 11.7. The Kier molecular flexibility index (Phi) is 6.66. The molecule has 3 rings (SSSR count).